The van der Waals surface area contributed by atoms with Gasteiger partial charge in [0.15, 0.2) is 11.6 Å². The van der Waals surface area contributed by atoms with E-state index in [1.165, 1.54) is 6.07 Å². The second-order valence-electron chi connectivity index (χ2n) is 3.70. The zero-order chi connectivity index (χ0) is 12.1. The maximum absolute atomic E-state index is 11.6. The first-order valence-electron chi connectivity index (χ1n) is 5.27. The maximum atomic E-state index is 11.6. The number of rotatable bonds is 4. The van der Waals surface area contributed by atoms with Crippen molar-refractivity contribution in [3.8, 4) is 5.75 Å². The molecule has 1 amide bonds. The average Bonchev–Trinajstić information content (AvgIpc) is 2.23. The van der Waals surface area contributed by atoms with Crippen LogP contribution >= 0.6 is 0 Å². The molecule has 5 nitrogen and oxygen atoms in total. The number of aromatic nitrogens is 1. The monoisotopic (exact) mass is 223 g/mol. The van der Waals surface area contributed by atoms with E-state index in [-0.39, 0.29) is 17.5 Å². The molecule has 0 aliphatic heterocycles. The van der Waals surface area contributed by atoms with E-state index < -0.39 is 6.04 Å². The van der Waals surface area contributed by atoms with Crippen LogP contribution in [0.5, 0.6) is 5.75 Å². The molecule has 1 heterocycles. The number of pyridine rings is 1. The first-order chi connectivity index (χ1) is 7.54. The van der Waals surface area contributed by atoms with Crippen molar-refractivity contribution >= 4 is 11.7 Å². The van der Waals surface area contributed by atoms with Crippen molar-refractivity contribution in [3.05, 3.63) is 17.8 Å². The zero-order valence-electron chi connectivity index (χ0n) is 9.53. The van der Waals surface area contributed by atoms with Gasteiger partial charge in [0.25, 0.3) is 0 Å². The van der Waals surface area contributed by atoms with Crippen molar-refractivity contribution in [3.63, 3.8) is 0 Å². The summed E-state index contributed by atoms with van der Waals surface area (Å²) in [6.07, 6.45) is 1.44. The molecule has 16 heavy (non-hydrogen) atoms. The van der Waals surface area contributed by atoms with E-state index in [0.29, 0.717) is 6.42 Å². The summed E-state index contributed by atoms with van der Waals surface area (Å²) in [5, 5.41) is 12.0. The van der Waals surface area contributed by atoms with Crippen molar-refractivity contribution in [2.75, 3.05) is 5.32 Å². The van der Waals surface area contributed by atoms with Crippen LogP contribution in [0.3, 0.4) is 0 Å². The number of nitrogens with two attached hydrogens (primary N) is 1. The van der Waals surface area contributed by atoms with Gasteiger partial charge in [-0.05, 0) is 25.5 Å². The Kier molecular flexibility index (Phi) is 4.25. The van der Waals surface area contributed by atoms with Crippen LogP contribution in [0.4, 0.5) is 5.82 Å². The molecule has 0 aromatic carbocycles. The topological polar surface area (TPSA) is 88.2 Å². The first kappa shape index (κ1) is 12.4. The lowest BCUT2D eigenvalue weighted by atomic mass is 10.2. The molecule has 0 spiro atoms. The van der Waals surface area contributed by atoms with Gasteiger partial charge >= 0.3 is 0 Å². The molecule has 4 N–H and O–H groups in total. The molecule has 1 aromatic heterocycles. The van der Waals surface area contributed by atoms with Crippen LogP contribution in [0.2, 0.25) is 0 Å². The minimum absolute atomic E-state index is 0.0531. The van der Waals surface area contributed by atoms with Gasteiger partial charge in [-0.3, -0.25) is 4.79 Å². The van der Waals surface area contributed by atoms with Crippen LogP contribution < -0.4 is 11.1 Å². The second-order valence-corrected chi connectivity index (χ2v) is 3.70. The molecular weight excluding hydrogens is 206 g/mol. The minimum Gasteiger partial charge on any atom is -0.504 e. The lowest BCUT2D eigenvalue weighted by Gasteiger charge is -2.11. The molecule has 0 unspecified atom stereocenters. The van der Waals surface area contributed by atoms with Crippen molar-refractivity contribution in [1.29, 1.82) is 0 Å². The fraction of sp³-hybridized carbons (Fsp3) is 0.455. The third-order valence-electron chi connectivity index (χ3n) is 2.19. The van der Waals surface area contributed by atoms with Gasteiger partial charge in [-0.2, -0.15) is 0 Å². The van der Waals surface area contributed by atoms with E-state index >= 15 is 0 Å². The number of hydrogen-bond donors (Lipinski definition) is 3. The third-order valence-corrected chi connectivity index (χ3v) is 2.19. The Hall–Kier alpha value is -1.62. The molecule has 0 saturated heterocycles. The Labute approximate surface area is 94.7 Å². The average molecular weight is 223 g/mol. The number of nitrogens with zero attached hydrogens (tertiary/aromatic N) is 1. The van der Waals surface area contributed by atoms with E-state index in [9.17, 15) is 9.90 Å². The summed E-state index contributed by atoms with van der Waals surface area (Å²) in [7, 11) is 0. The Morgan fingerprint density at radius 1 is 1.62 bits per heavy atom. The molecule has 0 saturated carbocycles. The van der Waals surface area contributed by atoms with Gasteiger partial charge in [-0.1, -0.05) is 13.3 Å². The van der Waals surface area contributed by atoms with Gasteiger partial charge in [0.05, 0.1) is 6.04 Å². The van der Waals surface area contributed by atoms with E-state index in [4.69, 9.17) is 5.73 Å². The summed E-state index contributed by atoms with van der Waals surface area (Å²) in [5.41, 5.74) is 6.36. The molecular formula is C11H17N3O2. The Bertz CT molecular complexity index is 379. The molecule has 0 bridgehead atoms. The highest BCUT2D eigenvalue weighted by Gasteiger charge is 2.14. The Morgan fingerprint density at radius 2 is 2.31 bits per heavy atom. The number of carbonyl (C=O) groups is 1. The van der Waals surface area contributed by atoms with Gasteiger partial charge in [0, 0.05) is 5.69 Å². The molecule has 5 heteroatoms. The number of nitrogens with one attached hydrogen (secondary N) is 1. The van der Waals surface area contributed by atoms with E-state index in [0.717, 1.165) is 12.1 Å². The molecule has 0 aliphatic rings. The highest BCUT2D eigenvalue weighted by atomic mass is 16.3. The highest BCUT2D eigenvalue weighted by Crippen LogP contribution is 2.20. The van der Waals surface area contributed by atoms with Gasteiger partial charge in [-0.15, -0.1) is 0 Å². The molecule has 0 radical (unpaired) electrons. The smallest absolute Gasteiger partial charge is 0.242 e. The summed E-state index contributed by atoms with van der Waals surface area (Å²) in [4.78, 5) is 15.6. The van der Waals surface area contributed by atoms with Crippen LogP contribution in [-0.4, -0.2) is 22.0 Å². The Morgan fingerprint density at radius 3 is 2.94 bits per heavy atom. The van der Waals surface area contributed by atoms with E-state index in [2.05, 4.69) is 10.3 Å². The van der Waals surface area contributed by atoms with Gasteiger partial charge in [-0.25, -0.2) is 4.98 Å². The van der Waals surface area contributed by atoms with Crippen LogP contribution in [0.1, 0.15) is 25.5 Å². The molecule has 1 aromatic rings. The SMILES string of the molecule is CCC[C@@H](N)C(=O)Nc1nc(C)ccc1O. The van der Waals surface area contributed by atoms with Crippen LogP contribution in [0.15, 0.2) is 12.1 Å². The summed E-state index contributed by atoms with van der Waals surface area (Å²) in [6.45, 7) is 3.73. The summed E-state index contributed by atoms with van der Waals surface area (Å²) >= 11 is 0. The predicted molar refractivity (Wildman–Crippen MR) is 62.2 cm³/mol. The van der Waals surface area contributed by atoms with E-state index in [1.807, 2.05) is 6.92 Å². The number of aromatic hydroxyl groups is 1. The van der Waals surface area contributed by atoms with Crippen molar-refractivity contribution in [1.82, 2.24) is 4.98 Å². The lowest BCUT2D eigenvalue weighted by Crippen LogP contribution is -2.35. The van der Waals surface area contributed by atoms with Crippen molar-refractivity contribution in [2.45, 2.75) is 32.7 Å². The maximum Gasteiger partial charge on any atom is 0.242 e. The van der Waals surface area contributed by atoms with Crippen LogP contribution in [0.25, 0.3) is 0 Å². The number of hydrogen-bond acceptors (Lipinski definition) is 4. The molecule has 0 aliphatic carbocycles. The molecule has 1 rings (SSSR count). The zero-order valence-corrected chi connectivity index (χ0v) is 9.53. The fourth-order valence-electron chi connectivity index (χ4n) is 1.29. The van der Waals surface area contributed by atoms with Crippen molar-refractivity contribution in [2.24, 2.45) is 5.73 Å². The highest BCUT2D eigenvalue weighted by molar-refractivity contribution is 5.94. The first-order valence-corrected chi connectivity index (χ1v) is 5.27. The van der Waals surface area contributed by atoms with Crippen LogP contribution in [-0.2, 0) is 4.79 Å². The predicted octanol–water partition coefficient (Wildman–Crippen LogP) is 1.16. The largest absolute Gasteiger partial charge is 0.504 e. The normalized spacial score (nSPS) is 12.2. The summed E-state index contributed by atoms with van der Waals surface area (Å²) in [5.74, 6) is -0.213. The van der Waals surface area contributed by atoms with Gasteiger partial charge in [0.1, 0.15) is 0 Å². The van der Waals surface area contributed by atoms with Crippen LogP contribution in [0, 0.1) is 6.92 Å². The van der Waals surface area contributed by atoms with Gasteiger partial charge in [0.2, 0.25) is 5.91 Å². The summed E-state index contributed by atoms with van der Waals surface area (Å²) in [6, 6.07) is 2.59. The number of aryl methyl sites for hydroxylation is 1. The molecule has 1 atom stereocenters. The number of carbonyl (C=O) groups excluding carboxylic acids is 1. The molecule has 0 fully saturated rings. The lowest BCUT2D eigenvalue weighted by molar-refractivity contribution is -0.117. The standard InChI is InChI=1S/C11H17N3O2/c1-3-4-8(12)11(16)14-10-9(15)6-5-7(2)13-10/h5-6,8,15H,3-4,12H2,1-2H3,(H,13,14,16)/t8-/m1/s1. The second kappa shape index (κ2) is 5.46. The minimum atomic E-state index is -0.563. The van der Waals surface area contributed by atoms with E-state index in [1.54, 1.807) is 13.0 Å². The Balaban J connectivity index is 2.72. The third kappa shape index (κ3) is 3.20. The summed E-state index contributed by atoms with van der Waals surface area (Å²) < 4.78 is 0. The number of amides is 1. The fourth-order valence-corrected chi connectivity index (χ4v) is 1.29. The number of anilines is 1. The quantitative estimate of drug-likeness (QED) is 0.714. The molecule has 88 valence electrons. The van der Waals surface area contributed by atoms with Crippen molar-refractivity contribution < 1.29 is 9.90 Å². The van der Waals surface area contributed by atoms with Gasteiger partial charge < -0.3 is 16.2 Å².